The van der Waals surface area contributed by atoms with Crippen LogP contribution in [0.3, 0.4) is 0 Å². The summed E-state index contributed by atoms with van der Waals surface area (Å²) >= 11 is 11.7. The van der Waals surface area contributed by atoms with E-state index in [2.05, 4.69) is 20.3 Å². The minimum Gasteiger partial charge on any atom is -0.310 e. The van der Waals surface area contributed by atoms with Crippen LogP contribution in [0, 0.1) is 5.92 Å². The third kappa shape index (κ3) is 2.89. The number of nitrogens with one attached hydrogen (secondary N) is 1. The van der Waals surface area contributed by atoms with Crippen LogP contribution in [0.4, 0.5) is 5.82 Å². The van der Waals surface area contributed by atoms with Gasteiger partial charge in [0.25, 0.3) is 0 Å². The normalized spacial score (nSPS) is 20.5. The lowest BCUT2D eigenvalue weighted by Gasteiger charge is -2.04. The van der Waals surface area contributed by atoms with E-state index in [1.165, 1.54) is 12.4 Å². The van der Waals surface area contributed by atoms with Gasteiger partial charge in [-0.25, -0.2) is 9.97 Å². The second-order valence-electron chi connectivity index (χ2n) is 4.56. The Morgan fingerprint density at radius 3 is 2.85 bits per heavy atom. The van der Waals surface area contributed by atoms with Gasteiger partial charge in [0.2, 0.25) is 5.91 Å². The molecule has 1 N–H and O–H groups in total. The molecule has 2 aromatic heterocycles. The highest BCUT2D eigenvalue weighted by molar-refractivity contribution is 6.30. The van der Waals surface area contributed by atoms with Gasteiger partial charge in [-0.15, -0.1) is 0 Å². The Morgan fingerprint density at radius 1 is 1.25 bits per heavy atom. The van der Waals surface area contributed by atoms with E-state index in [0.717, 1.165) is 12.1 Å². The molecule has 2 aromatic rings. The summed E-state index contributed by atoms with van der Waals surface area (Å²) in [5.74, 6) is 0.326. The van der Waals surface area contributed by atoms with E-state index in [4.69, 9.17) is 23.2 Å². The van der Waals surface area contributed by atoms with Crippen molar-refractivity contribution in [2.75, 3.05) is 5.32 Å². The average molecular weight is 309 g/mol. The van der Waals surface area contributed by atoms with E-state index in [-0.39, 0.29) is 17.7 Å². The third-order valence-electron chi connectivity index (χ3n) is 3.14. The lowest BCUT2D eigenvalue weighted by atomic mass is 10.2. The number of carbonyl (C=O) groups is 1. The molecule has 0 bridgehead atoms. The van der Waals surface area contributed by atoms with Crippen molar-refractivity contribution in [3.8, 4) is 0 Å². The van der Waals surface area contributed by atoms with Crippen LogP contribution in [0.15, 0.2) is 30.7 Å². The smallest absolute Gasteiger partial charge is 0.229 e. The first-order chi connectivity index (χ1) is 9.63. The Hall–Kier alpha value is -1.72. The van der Waals surface area contributed by atoms with Crippen LogP contribution in [0.25, 0.3) is 0 Å². The molecule has 0 aromatic carbocycles. The molecule has 0 aliphatic heterocycles. The van der Waals surface area contributed by atoms with Gasteiger partial charge in [0.15, 0.2) is 0 Å². The zero-order chi connectivity index (χ0) is 14.1. The summed E-state index contributed by atoms with van der Waals surface area (Å²) in [6.45, 7) is 0. The third-order valence-corrected chi connectivity index (χ3v) is 3.58. The molecular weight excluding hydrogens is 299 g/mol. The fourth-order valence-electron chi connectivity index (χ4n) is 2.06. The highest BCUT2D eigenvalue weighted by Gasteiger charge is 2.45. The van der Waals surface area contributed by atoms with E-state index in [1.54, 1.807) is 18.3 Å². The van der Waals surface area contributed by atoms with Gasteiger partial charge < -0.3 is 5.32 Å². The summed E-state index contributed by atoms with van der Waals surface area (Å²) < 4.78 is 0. The first kappa shape index (κ1) is 13.3. The standard InChI is InChI=1S/C13H10Cl2N4O/c14-7-1-2-16-10(3-7)8-4-9(8)13(20)19-12-5-11(15)17-6-18-12/h1-3,5-6,8-9H,4H2,(H,17,18,19,20)/t8-,9-/m0/s1. The molecule has 1 saturated carbocycles. The van der Waals surface area contributed by atoms with Gasteiger partial charge in [-0.05, 0) is 18.6 Å². The molecule has 3 rings (SSSR count). The zero-order valence-electron chi connectivity index (χ0n) is 10.3. The molecule has 0 spiro atoms. The molecule has 20 heavy (non-hydrogen) atoms. The van der Waals surface area contributed by atoms with Crippen molar-refractivity contribution in [3.63, 3.8) is 0 Å². The van der Waals surface area contributed by atoms with Crippen molar-refractivity contribution >= 4 is 34.9 Å². The number of amides is 1. The number of carbonyl (C=O) groups excluding carboxylic acids is 1. The molecule has 1 amide bonds. The lowest BCUT2D eigenvalue weighted by Crippen LogP contribution is -2.15. The molecule has 2 heterocycles. The van der Waals surface area contributed by atoms with E-state index in [1.807, 2.05) is 0 Å². The second kappa shape index (κ2) is 5.34. The first-order valence-corrected chi connectivity index (χ1v) is 6.79. The maximum Gasteiger partial charge on any atom is 0.229 e. The van der Waals surface area contributed by atoms with Crippen molar-refractivity contribution in [1.29, 1.82) is 0 Å². The number of rotatable bonds is 3. The first-order valence-electron chi connectivity index (χ1n) is 6.03. The highest BCUT2D eigenvalue weighted by atomic mass is 35.5. The van der Waals surface area contributed by atoms with Crippen molar-refractivity contribution in [2.24, 2.45) is 5.92 Å². The molecule has 102 valence electrons. The van der Waals surface area contributed by atoms with Crippen LogP contribution in [0.1, 0.15) is 18.0 Å². The fraction of sp³-hybridized carbons (Fsp3) is 0.231. The number of anilines is 1. The van der Waals surface area contributed by atoms with Crippen molar-refractivity contribution in [3.05, 3.63) is 46.6 Å². The maximum atomic E-state index is 12.1. The second-order valence-corrected chi connectivity index (χ2v) is 5.39. The van der Waals surface area contributed by atoms with Crippen LogP contribution in [-0.4, -0.2) is 20.9 Å². The molecule has 0 radical (unpaired) electrons. The van der Waals surface area contributed by atoms with E-state index in [9.17, 15) is 4.79 Å². The number of aromatic nitrogens is 3. The van der Waals surface area contributed by atoms with Crippen LogP contribution < -0.4 is 5.32 Å². The van der Waals surface area contributed by atoms with Crippen molar-refractivity contribution < 1.29 is 4.79 Å². The zero-order valence-corrected chi connectivity index (χ0v) is 11.8. The molecule has 1 aliphatic rings. The molecule has 0 unspecified atom stereocenters. The molecule has 0 saturated heterocycles. The predicted molar refractivity (Wildman–Crippen MR) is 75.8 cm³/mol. The van der Waals surface area contributed by atoms with Crippen LogP contribution in [0.5, 0.6) is 0 Å². The van der Waals surface area contributed by atoms with Gasteiger partial charge in [0, 0.05) is 34.8 Å². The van der Waals surface area contributed by atoms with Gasteiger partial charge in [0.05, 0.1) is 0 Å². The molecule has 2 atom stereocenters. The quantitative estimate of drug-likeness (QED) is 0.885. The fourth-order valence-corrected chi connectivity index (χ4v) is 2.37. The van der Waals surface area contributed by atoms with Gasteiger partial charge in [0.1, 0.15) is 17.3 Å². The van der Waals surface area contributed by atoms with Crippen LogP contribution in [0.2, 0.25) is 10.2 Å². The largest absolute Gasteiger partial charge is 0.310 e. The minimum absolute atomic E-state index is 0.0912. The Labute approximate surface area is 125 Å². The molecule has 1 aliphatic carbocycles. The number of hydrogen-bond donors (Lipinski definition) is 1. The summed E-state index contributed by atoms with van der Waals surface area (Å²) in [5, 5.41) is 3.64. The summed E-state index contributed by atoms with van der Waals surface area (Å²) in [5.41, 5.74) is 0.846. The Balaban J connectivity index is 1.66. The van der Waals surface area contributed by atoms with E-state index < -0.39 is 0 Å². The number of halogens is 2. The Kier molecular flexibility index (Phi) is 3.54. The SMILES string of the molecule is O=C(Nc1cc(Cl)ncn1)[C@H]1C[C@@H]1c1cc(Cl)ccn1. The maximum absolute atomic E-state index is 12.1. The van der Waals surface area contributed by atoms with Gasteiger partial charge in [-0.2, -0.15) is 0 Å². The van der Waals surface area contributed by atoms with E-state index in [0.29, 0.717) is 16.0 Å². The molecule has 5 nitrogen and oxygen atoms in total. The summed E-state index contributed by atoms with van der Waals surface area (Å²) in [4.78, 5) is 24.0. The summed E-state index contributed by atoms with van der Waals surface area (Å²) in [7, 11) is 0. The lowest BCUT2D eigenvalue weighted by molar-refractivity contribution is -0.117. The monoisotopic (exact) mass is 308 g/mol. The number of pyridine rings is 1. The minimum atomic E-state index is -0.102. The van der Waals surface area contributed by atoms with Gasteiger partial charge in [-0.1, -0.05) is 23.2 Å². The number of nitrogens with zero attached hydrogens (tertiary/aromatic N) is 3. The number of hydrogen-bond acceptors (Lipinski definition) is 4. The van der Waals surface area contributed by atoms with Crippen molar-refractivity contribution in [1.82, 2.24) is 15.0 Å². The van der Waals surface area contributed by atoms with Gasteiger partial charge >= 0.3 is 0 Å². The Morgan fingerprint density at radius 2 is 2.10 bits per heavy atom. The van der Waals surface area contributed by atoms with Crippen LogP contribution in [-0.2, 0) is 4.79 Å². The molecule has 1 fully saturated rings. The molecule has 7 heteroatoms. The predicted octanol–water partition coefficient (Wildman–Crippen LogP) is 2.92. The summed E-state index contributed by atoms with van der Waals surface area (Å²) in [6, 6.07) is 5.01. The molecular formula is C13H10Cl2N4O. The van der Waals surface area contributed by atoms with Crippen LogP contribution >= 0.6 is 23.2 Å². The van der Waals surface area contributed by atoms with Gasteiger partial charge in [-0.3, -0.25) is 9.78 Å². The summed E-state index contributed by atoms with van der Waals surface area (Å²) in [6.07, 6.45) is 3.72. The highest BCUT2D eigenvalue weighted by Crippen LogP contribution is 2.47. The average Bonchev–Trinajstić information content (AvgIpc) is 3.19. The topological polar surface area (TPSA) is 67.8 Å². The van der Waals surface area contributed by atoms with E-state index >= 15 is 0 Å². The Bertz CT molecular complexity index is 664. The van der Waals surface area contributed by atoms with Crippen molar-refractivity contribution in [2.45, 2.75) is 12.3 Å².